The second-order valence-corrected chi connectivity index (χ2v) is 9.89. The standard InChI is InChI=1S/C19H22ClFN5O6P.H2S/c1-9(10-4-2-3-5-11(10)21)23-16-13-17(25-19(20)24-16)26(8-22-13)18-15(28)14(27)12(32-18)6-7-33(29,30)31;/h2-5,8-9,12,14-15,18,27-28H,6-7H2,1H3,(H,23,24,25)(H2,29,30,31);1H2/t9-,12+,14?,15-,18+;/m0./s1. The summed E-state index contributed by atoms with van der Waals surface area (Å²) in [7, 11) is -4.30. The predicted octanol–water partition coefficient (Wildman–Crippen LogP) is 2.09. The third-order valence-corrected chi connectivity index (χ3v) is 6.45. The van der Waals surface area contributed by atoms with E-state index in [9.17, 15) is 19.2 Å². The van der Waals surface area contributed by atoms with Gasteiger partial charge in [0.2, 0.25) is 5.28 Å². The van der Waals surface area contributed by atoms with Crippen LogP contribution in [0.25, 0.3) is 11.2 Å². The van der Waals surface area contributed by atoms with Gasteiger partial charge < -0.3 is 30.1 Å². The van der Waals surface area contributed by atoms with Gasteiger partial charge in [0.05, 0.1) is 24.6 Å². The van der Waals surface area contributed by atoms with Crippen molar-refractivity contribution in [1.29, 1.82) is 0 Å². The molecule has 0 saturated carbocycles. The van der Waals surface area contributed by atoms with Gasteiger partial charge in [-0.15, -0.1) is 0 Å². The predicted molar refractivity (Wildman–Crippen MR) is 127 cm³/mol. The lowest BCUT2D eigenvalue weighted by atomic mass is 10.1. The van der Waals surface area contributed by atoms with Gasteiger partial charge in [-0.05, 0) is 31.0 Å². The molecule has 15 heteroatoms. The van der Waals surface area contributed by atoms with Crippen molar-refractivity contribution in [2.45, 2.75) is 43.9 Å². The molecule has 4 rings (SSSR count). The molecule has 2 aromatic heterocycles. The highest BCUT2D eigenvalue weighted by atomic mass is 35.5. The number of hydrogen-bond acceptors (Lipinski definition) is 8. The Hall–Kier alpha value is -1.83. The lowest BCUT2D eigenvalue weighted by molar-refractivity contribution is -0.0355. The number of hydrogen-bond donors (Lipinski definition) is 5. The van der Waals surface area contributed by atoms with Crippen LogP contribution >= 0.6 is 32.7 Å². The summed E-state index contributed by atoms with van der Waals surface area (Å²) in [4.78, 5) is 30.7. The summed E-state index contributed by atoms with van der Waals surface area (Å²) in [6.45, 7) is 1.74. The molecule has 1 fully saturated rings. The fourth-order valence-corrected chi connectivity index (χ4v) is 4.53. The highest BCUT2D eigenvalue weighted by Gasteiger charge is 2.44. The molecule has 186 valence electrons. The molecule has 11 nitrogen and oxygen atoms in total. The first-order valence-corrected chi connectivity index (χ1v) is 12.2. The maximum Gasteiger partial charge on any atom is 0.325 e. The minimum Gasteiger partial charge on any atom is -0.388 e. The highest BCUT2D eigenvalue weighted by molar-refractivity contribution is 7.59. The van der Waals surface area contributed by atoms with Crippen LogP contribution in [0.1, 0.15) is 31.2 Å². The van der Waals surface area contributed by atoms with Crippen LogP contribution in [0.15, 0.2) is 30.6 Å². The summed E-state index contributed by atoms with van der Waals surface area (Å²) in [6.07, 6.45) is -4.27. The maximum atomic E-state index is 14.2. The molecule has 5 atom stereocenters. The lowest BCUT2D eigenvalue weighted by Crippen LogP contribution is -2.31. The zero-order chi connectivity index (χ0) is 23.9. The summed E-state index contributed by atoms with van der Waals surface area (Å²) < 4.78 is 32.4. The van der Waals surface area contributed by atoms with Crippen LogP contribution in [0.4, 0.5) is 10.2 Å². The van der Waals surface area contributed by atoms with Crippen molar-refractivity contribution in [3.63, 3.8) is 0 Å². The number of benzene rings is 1. The normalized spacial score (nSPS) is 23.6. The van der Waals surface area contributed by atoms with Gasteiger partial charge in [-0.3, -0.25) is 9.13 Å². The monoisotopic (exact) mass is 535 g/mol. The van der Waals surface area contributed by atoms with Crippen molar-refractivity contribution in [2.24, 2.45) is 0 Å². The van der Waals surface area contributed by atoms with Crippen LogP contribution in [0.2, 0.25) is 5.28 Å². The fourth-order valence-electron chi connectivity index (χ4n) is 3.78. The first-order chi connectivity index (χ1) is 15.5. The molecule has 0 bridgehead atoms. The average Bonchev–Trinajstić information content (AvgIpc) is 3.27. The molecule has 0 aliphatic carbocycles. The summed E-state index contributed by atoms with van der Waals surface area (Å²) in [5, 5.41) is 23.7. The Kier molecular flexibility index (Phi) is 8.21. The van der Waals surface area contributed by atoms with Crippen molar-refractivity contribution >= 4 is 49.7 Å². The first kappa shape index (κ1) is 26.8. The van der Waals surface area contributed by atoms with E-state index in [0.29, 0.717) is 5.56 Å². The topological polar surface area (TPSA) is 163 Å². The van der Waals surface area contributed by atoms with E-state index in [1.807, 2.05) is 0 Å². The van der Waals surface area contributed by atoms with E-state index in [-0.39, 0.29) is 42.2 Å². The van der Waals surface area contributed by atoms with E-state index in [1.165, 1.54) is 17.0 Å². The average molecular weight is 536 g/mol. The van der Waals surface area contributed by atoms with Gasteiger partial charge in [-0.2, -0.15) is 23.5 Å². The Balaban J connectivity index is 0.00000324. The molecular formula is C19H24ClFN5O6PS. The van der Waals surface area contributed by atoms with Gasteiger partial charge in [-0.1, -0.05) is 18.2 Å². The molecule has 5 N–H and O–H groups in total. The van der Waals surface area contributed by atoms with Gasteiger partial charge in [0, 0.05) is 5.56 Å². The number of ether oxygens (including phenoxy) is 1. The highest BCUT2D eigenvalue weighted by Crippen LogP contribution is 2.40. The molecule has 1 saturated heterocycles. The summed E-state index contributed by atoms with van der Waals surface area (Å²) in [6, 6.07) is 5.78. The number of aliphatic hydroxyl groups is 2. The largest absolute Gasteiger partial charge is 0.388 e. The minimum absolute atomic E-state index is 0. The number of nitrogens with zero attached hydrogens (tertiary/aromatic N) is 4. The smallest absolute Gasteiger partial charge is 0.325 e. The van der Waals surface area contributed by atoms with Crippen LogP contribution in [0.5, 0.6) is 0 Å². The second kappa shape index (κ2) is 10.4. The molecule has 1 aliphatic rings. The number of imidazole rings is 1. The SMILES string of the molecule is C[C@H](Nc1nc(Cl)nc2c1ncn2[C@@H]1O[C@H](CCP(=O)(O)O)C(O)[C@@H]1O)c1ccccc1F.S. The van der Waals surface area contributed by atoms with Gasteiger partial charge >= 0.3 is 7.60 Å². The zero-order valence-corrected chi connectivity index (χ0v) is 20.4. The molecular weight excluding hydrogens is 512 g/mol. The third-order valence-electron chi connectivity index (χ3n) is 5.44. The van der Waals surface area contributed by atoms with Crippen molar-refractivity contribution in [1.82, 2.24) is 19.5 Å². The molecule has 1 aromatic carbocycles. The van der Waals surface area contributed by atoms with Gasteiger partial charge in [0.1, 0.15) is 18.0 Å². The Morgan fingerprint density at radius 2 is 1.97 bits per heavy atom. The number of anilines is 1. The van der Waals surface area contributed by atoms with E-state index in [4.69, 9.17) is 26.1 Å². The Morgan fingerprint density at radius 1 is 1.26 bits per heavy atom. The molecule has 0 spiro atoms. The van der Waals surface area contributed by atoms with Crippen molar-refractivity contribution in [3.8, 4) is 0 Å². The maximum absolute atomic E-state index is 14.2. The van der Waals surface area contributed by atoms with Gasteiger partial charge in [0.15, 0.2) is 23.2 Å². The van der Waals surface area contributed by atoms with Gasteiger partial charge in [-0.25, -0.2) is 9.37 Å². The van der Waals surface area contributed by atoms with E-state index in [1.54, 1.807) is 25.1 Å². The van der Waals surface area contributed by atoms with Crippen LogP contribution in [0.3, 0.4) is 0 Å². The Bertz CT molecular complexity index is 1220. The molecule has 1 aliphatic heterocycles. The number of halogens is 2. The molecule has 34 heavy (non-hydrogen) atoms. The summed E-state index contributed by atoms with van der Waals surface area (Å²) in [5.41, 5.74) is 0.863. The fraction of sp³-hybridized carbons (Fsp3) is 0.421. The van der Waals surface area contributed by atoms with Crippen LogP contribution < -0.4 is 5.32 Å². The number of aliphatic hydroxyl groups excluding tert-OH is 2. The van der Waals surface area contributed by atoms with Crippen molar-refractivity contribution in [3.05, 3.63) is 47.3 Å². The lowest BCUT2D eigenvalue weighted by Gasteiger charge is -2.18. The Labute approximate surface area is 205 Å². The summed E-state index contributed by atoms with van der Waals surface area (Å²) in [5.74, 6) is -0.164. The minimum atomic E-state index is -4.30. The Morgan fingerprint density at radius 3 is 2.65 bits per heavy atom. The molecule has 0 radical (unpaired) electrons. The van der Waals surface area contributed by atoms with E-state index in [0.717, 1.165) is 0 Å². The number of rotatable bonds is 7. The number of fused-ring (bicyclic) bond motifs is 1. The van der Waals surface area contributed by atoms with Gasteiger partial charge in [0.25, 0.3) is 0 Å². The molecule has 0 amide bonds. The van der Waals surface area contributed by atoms with Crippen LogP contribution in [0, 0.1) is 5.82 Å². The molecule has 3 aromatic rings. The number of aromatic nitrogens is 4. The number of nitrogens with one attached hydrogen (secondary N) is 1. The molecule has 1 unspecified atom stereocenters. The van der Waals surface area contributed by atoms with Crippen molar-refractivity contribution < 1.29 is 33.7 Å². The quantitative estimate of drug-likeness (QED) is 0.223. The zero-order valence-electron chi connectivity index (χ0n) is 17.8. The van der Waals surface area contributed by atoms with E-state index in [2.05, 4.69) is 20.3 Å². The van der Waals surface area contributed by atoms with Crippen molar-refractivity contribution in [2.75, 3.05) is 11.5 Å². The second-order valence-electron chi connectivity index (χ2n) is 7.78. The summed E-state index contributed by atoms with van der Waals surface area (Å²) >= 11 is 6.10. The van der Waals surface area contributed by atoms with E-state index < -0.39 is 50.2 Å². The van der Waals surface area contributed by atoms with Crippen LogP contribution in [-0.4, -0.2) is 64.0 Å². The van der Waals surface area contributed by atoms with E-state index >= 15 is 0 Å². The van der Waals surface area contributed by atoms with Crippen LogP contribution in [-0.2, 0) is 9.30 Å². The molecule has 3 heterocycles. The third kappa shape index (κ3) is 5.52. The first-order valence-electron chi connectivity index (χ1n) is 10.0.